The van der Waals surface area contributed by atoms with Gasteiger partial charge in [0.2, 0.25) is 0 Å². The minimum absolute atomic E-state index is 0.0151. The van der Waals surface area contributed by atoms with Crippen molar-refractivity contribution < 1.29 is 14.3 Å². The van der Waals surface area contributed by atoms with Gasteiger partial charge in [-0.05, 0) is 54.7 Å². The zero-order valence-electron chi connectivity index (χ0n) is 19.2. The summed E-state index contributed by atoms with van der Waals surface area (Å²) in [4.78, 5) is 15.3. The largest absolute Gasteiger partial charge is 0.494 e. The highest BCUT2D eigenvalue weighted by atomic mass is 16.5. The lowest BCUT2D eigenvalue weighted by molar-refractivity contribution is 0.0723. The van der Waals surface area contributed by atoms with Crippen molar-refractivity contribution in [3.05, 3.63) is 70.9 Å². The Morgan fingerprint density at radius 3 is 2.44 bits per heavy atom. The zero-order chi connectivity index (χ0) is 22.7. The van der Waals surface area contributed by atoms with Gasteiger partial charge in [0.25, 0.3) is 5.91 Å². The van der Waals surface area contributed by atoms with E-state index < -0.39 is 0 Å². The summed E-state index contributed by atoms with van der Waals surface area (Å²) in [6.45, 7) is 8.19. The SMILES string of the molecule is CCOc1ccc(-c2n[nH]c3c2C(c2ccc(C(C)C)cc2)N(CCCOC)C3=O)cc1. The van der Waals surface area contributed by atoms with Crippen LogP contribution in [-0.2, 0) is 4.74 Å². The van der Waals surface area contributed by atoms with E-state index in [1.165, 1.54) is 5.56 Å². The number of aromatic nitrogens is 2. The van der Waals surface area contributed by atoms with E-state index in [9.17, 15) is 4.79 Å². The van der Waals surface area contributed by atoms with Crippen LogP contribution in [0.4, 0.5) is 0 Å². The normalized spacial score (nSPS) is 15.5. The van der Waals surface area contributed by atoms with Crippen LogP contribution in [0.15, 0.2) is 48.5 Å². The number of fused-ring (bicyclic) bond motifs is 1. The number of benzene rings is 2. The predicted octanol–water partition coefficient (Wildman–Crippen LogP) is 5.18. The molecule has 2 aromatic carbocycles. The van der Waals surface area contributed by atoms with Gasteiger partial charge < -0.3 is 14.4 Å². The Labute approximate surface area is 189 Å². The van der Waals surface area contributed by atoms with Crippen molar-refractivity contribution in [1.29, 1.82) is 0 Å². The van der Waals surface area contributed by atoms with Crippen molar-refractivity contribution in [2.45, 2.75) is 39.2 Å². The van der Waals surface area contributed by atoms with E-state index in [1.54, 1.807) is 7.11 Å². The molecule has 32 heavy (non-hydrogen) atoms. The van der Waals surface area contributed by atoms with Crippen molar-refractivity contribution in [1.82, 2.24) is 15.1 Å². The zero-order valence-corrected chi connectivity index (χ0v) is 19.2. The van der Waals surface area contributed by atoms with E-state index in [1.807, 2.05) is 36.1 Å². The number of carbonyl (C=O) groups excluding carboxylic acids is 1. The molecule has 1 atom stereocenters. The number of aromatic amines is 1. The lowest BCUT2D eigenvalue weighted by Gasteiger charge is -2.26. The highest BCUT2D eigenvalue weighted by Crippen LogP contribution is 2.43. The Morgan fingerprint density at radius 2 is 1.81 bits per heavy atom. The van der Waals surface area contributed by atoms with Crippen LogP contribution in [0.3, 0.4) is 0 Å². The number of rotatable bonds is 9. The number of nitrogens with one attached hydrogen (secondary N) is 1. The third kappa shape index (κ3) is 4.15. The number of hydrogen-bond donors (Lipinski definition) is 1. The number of carbonyl (C=O) groups is 1. The number of nitrogens with zero attached hydrogens (tertiary/aromatic N) is 2. The van der Waals surface area contributed by atoms with Crippen LogP contribution in [0.1, 0.15) is 66.3 Å². The number of methoxy groups -OCH3 is 1. The fraction of sp³-hybridized carbons (Fsp3) is 0.385. The molecule has 6 nitrogen and oxygen atoms in total. The van der Waals surface area contributed by atoms with Gasteiger partial charge in [-0.3, -0.25) is 9.89 Å². The van der Waals surface area contributed by atoms with Crippen molar-refractivity contribution >= 4 is 5.91 Å². The Bertz CT molecular complexity index is 1050. The number of ether oxygens (including phenoxy) is 2. The third-order valence-corrected chi connectivity index (χ3v) is 5.97. The fourth-order valence-electron chi connectivity index (χ4n) is 4.31. The second kappa shape index (κ2) is 9.57. The summed E-state index contributed by atoms with van der Waals surface area (Å²) in [6, 6.07) is 16.3. The minimum atomic E-state index is -0.184. The van der Waals surface area contributed by atoms with Crippen molar-refractivity contribution in [3.63, 3.8) is 0 Å². The first-order valence-corrected chi connectivity index (χ1v) is 11.3. The van der Waals surface area contributed by atoms with Crippen LogP contribution < -0.4 is 4.74 Å². The molecule has 1 aliphatic heterocycles. The number of hydrogen-bond acceptors (Lipinski definition) is 4. The van der Waals surface area contributed by atoms with Gasteiger partial charge >= 0.3 is 0 Å². The molecule has 6 heteroatoms. The van der Waals surface area contributed by atoms with E-state index >= 15 is 0 Å². The summed E-state index contributed by atoms with van der Waals surface area (Å²) < 4.78 is 10.8. The molecule has 0 fully saturated rings. The molecule has 3 aromatic rings. The van der Waals surface area contributed by atoms with Crippen molar-refractivity contribution in [3.8, 4) is 17.0 Å². The molecule has 1 N–H and O–H groups in total. The third-order valence-electron chi connectivity index (χ3n) is 5.97. The van der Waals surface area contributed by atoms with Crippen LogP contribution in [0.5, 0.6) is 5.75 Å². The Kier molecular flexibility index (Phi) is 6.61. The molecule has 0 saturated carbocycles. The van der Waals surface area contributed by atoms with Gasteiger partial charge in [-0.2, -0.15) is 5.10 Å². The van der Waals surface area contributed by atoms with E-state index in [0.29, 0.717) is 31.4 Å². The lowest BCUT2D eigenvalue weighted by atomic mass is 9.93. The first-order valence-electron chi connectivity index (χ1n) is 11.3. The second-order valence-corrected chi connectivity index (χ2v) is 8.39. The van der Waals surface area contributed by atoms with Crippen LogP contribution >= 0.6 is 0 Å². The molecular formula is C26H31N3O3. The standard InChI is InChI=1S/C26H31N3O3/c1-5-32-21-13-11-19(12-14-21)23-22-24(28-27-23)26(30)29(15-6-16-31-4)25(22)20-9-7-18(8-10-20)17(2)3/h7-14,17,25H,5-6,15-16H2,1-4H3,(H,27,28). The number of H-pyrrole nitrogens is 1. The summed E-state index contributed by atoms with van der Waals surface area (Å²) in [5.41, 5.74) is 5.65. The van der Waals surface area contributed by atoms with Gasteiger partial charge in [0.1, 0.15) is 11.4 Å². The summed E-state index contributed by atoms with van der Waals surface area (Å²) in [5, 5.41) is 7.57. The average molecular weight is 434 g/mol. The molecule has 4 rings (SSSR count). The van der Waals surface area contributed by atoms with Crippen LogP contribution in [0, 0.1) is 0 Å². The first-order chi connectivity index (χ1) is 15.5. The first kappa shape index (κ1) is 22.1. The average Bonchev–Trinajstić information content (AvgIpc) is 3.34. The van der Waals surface area contributed by atoms with Gasteiger partial charge in [-0.25, -0.2) is 0 Å². The van der Waals surface area contributed by atoms with E-state index in [-0.39, 0.29) is 11.9 Å². The Balaban J connectivity index is 1.75. The molecule has 1 aromatic heterocycles. The molecule has 1 unspecified atom stereocenters. The summed E-state index contributed by atoms with van der Waals surface area (Å²) in [6.07, 6.45) is 0.777. The minimum Gasteiger partial charge on any atom is -0.494 e. The molecule has 0 aliphatic carbocycles. The Hall–Kier alpha value is -3.12. The molecule has 0 saturated heterocycles. The fourth-order valence-corrected chi connectivity index (χ4v) is 4.31. The summed E-state index contributed by atoms with van der Waals surface area (Å²) in [7, 11) is 1.68. The highest BCUT2D eigenvalue weighted by Gasteiger charge is 2.41. The van der Waals surface area contributed by atoms with Crippen LogP contribution in [0.25, 0.3) is 11.3 Å². The maximum atomic E-state index is 13.3. The number of amides is 1. The lowest BCUT2D eigenvalue weighted by Crippen LogP contribution is -2.31. The van der Waals surface area contributed by atoms with E-state index in [2.05, 4.69) is 48.3 Å². The second-order valence-electron chi connectivity index (χ2n) is 8.39. The molecule has 1 amide bonds. The molecule has 0 radical (unpaired) electrons. The summed E-state index contributed by atoms with van der Waals surface area (Å²) in [5.74, 6) is 1.26. The van der Waals surface area contributed by atoms with Gasteiger partial charge in [0.05, 0.1) is 18.3 Å². The van der Waals surface area contributed by atoms with Crippen molar-refractivity contribution in [2.24, 2.45) is 0 Å². The van der Waals surface area contributed by atoms with Crippen LogP contribution in [-0.4, -0.2) is 47.9 Å². The molecule has 0 bridgehead atoms. The predicted molar refractivity (Wildman–Crippen MR) is 125 cm³/mol. The molecular weight excluding hydrogens is 402 g/mol. The monoisotopic (exact) mass is 433 g/mol. The quantitative estimate of drug-likeness (QED) is 0.472. The van der Waals surface area contributed by atoms with Gasteiger partial charge in [-0.1, -0.05) is 38.1 Å². The highest BCUT2D eigenvalue weighted by molar-refractivity contribution is 6.00. The molecule has 0 spiro atoms. The van der Waals surface area contributed by atoms with Crippen LogP contribution in [0.2, 0.25) is 0 Å². The summed E-state index contributed by atoms with van der Waals surface area (Å²) >= 11 is 0. The van der Waals surface area contributed by atoms with Gasteiger partial charge in [0.15, 0.2) is 0 Å². The van der Waals surface area contributed by atoms with E-state index in [0.717, 1.165) is 34.6 Å². The van der Waals surface area contributed by atoms with Gasteiger partial charge in [0, 0.05) is 31.4 Å². The smallest absolute Gasteiger partial charge is 0.273 e. The maximum Gasteiger partial charge on any atom is 0.273 e. The molecule has 168 valence electrons. The van der Waals surface area contributed by atoms with Gasteiger partial charge in [-0.15, -0.1) is 0 Å². The Morgan fingerprint density at radius 1 is 1.09 bits per heavy atom. The van der Waals surface area contributed by atoms with E-state index in [4.69, 9.17) is 9.47 Å². The van der Waals surface area contributed by atoms with Crippen molar-refractivity contribution in [2.75, 3.05) is 26.9 Å². The molecule has 2 heterocycles. The maximum absolute atomic E-state index is 13.3. The molecule has 1 aliphatic rings. The topological polar surface area (TPSA) is 67.4 Å².